The molecule has 0 atom stereocenters. The number of primary amides is 1. The van der Waals surface area contributed by atoms with E-state index in [0.29, 0.717) is 11.3 Å². The quantitative estimate of drug-likeness (QED) is 0.912. The monoisotopic (exact) mass is 308 g/mol. The number of amides is 1. The number of benzene rings is 2. The molecule has 0 aromatic heterocycles. The van der Waals surface area contributed by atoms with Crippen molar-refractivity contribution in [2.45, 2.75) is 13.0 Å². The van der Waals surface area contributed by atoms with Crippen LogP contribution in [0.5, 0.6) is 5.75 Å². The average Bonchev–Trinajstić information content (AvgIpc) is 2.57. The number of hydrogen-bond acceptors (Lipinski definition) is 3. The van der Waals surface area contributed by atoms with Crippen LogP contribution in [0.1, 0.15) is 27.9 Å². The van der Waals surface area contributed by atoms with Gasteiger partial charge in [0, 0.05) is 25.2 Å². The van der Waals surface area contributed by atoms with Gasteiger partial charge in [0.05, 0.1) is 0 Å². The first kappa shape index (κ1) is 15.3. The van der Waals surface area contributed by atoms with Crippen LogP contribution in [0.15, 0.2) is 54.6 Å². The highest BCUT2D eigenvalue weighted by Crippen LogP contribution is 2.24. The van der Waals surface area contributed by atoms with Gasteiger partial charge in [-0.1, -0.05) is 30.3 Å². The van der Waals surface area contributed by atoms with Gasteiger partial charge in [0.15, 0.2) is 0 Å². The predicted molar refractivity (Wildman–Crippen MR) is 90.9 cm³/mol. The van der Waals surface area contributed by atoms with E-state index in [0.717, 1.165) is 26.1 Å². The Morgan fingerprint density at radius 1 is 1.09 bits per heavy atom. The second-order valence-corrected chi connectivity index (χ2v) is 5.82. The van der Waals surface area contributed by atoms with E-state index >= 15 is 0 Å². The number of rotatable bonds is 4. The van der Waals surface area contributed by atoms with E-state index in [1.807, 2.05) is 24.3 Å². The van der Waals surface area contributed by atoms with Gasteiger partial charge < -0.3 is 10.8 Å². The summed E-state index contributed by atoms with van der Waals surface area (Å²) in [6.07, 6.45) is 3.23. The summed E-state index contributed by atoms with van der Waals surface area (Å²) in [6, 6.07) is 14.8. The van der Waals surface area contributed by atoms with Crippen molar-refractivity contribution in [3.05, 3.63) is 71.3 Å². The molecule has 2 aromatic carbocycles. The minimum atomic E-state index is -0.393. The number of phenolic OH excluding ortho intramolecular Hbond substituents is 1. The van der Waals surface area contributed by atoms with Crippen LogP contribution in [0.25, 0.3) is 5.57 Å². The lowest BCUT2D eigenvalue weighted by Crippen LogP contribution is -2.28. The van der Waals surface area contributed by atoms with Crippen LogP contribution in [0.3, 0.4) is 0 Å². The molecule has 0 fully saturated rings. The molecule has 0 saturated carbocycles. The molecule has 23 heavy (non-hydrogen) atoms. The molecule has 0 saturated heterocycles. The van der Waals surface area contributed by atoms with Gasteiger partial charge in [0.25, 0.3) is 0 Å². The number of aromatic hydroxyl groups is 1. The first-order chi connectivity index (χ1) is 11.1. The molecule has 0 bridgehead atoms. The molecule has 2 aromatic rings. The first-order valence-corrected chi connectivity index (χ1v) is 7.71. The predicted octanol–water partition coefficient (Wildman–Crippen LogP) is 2.78. The molecule has 1 aliphatic rings. The Kier molecular flexibility index (Phi) is 4.44. The summed E-state index contributed by atoms with van der Waals surface area (Å²) >= 11 is 0. The van der Waals surface area contributed by atoms with E-state index < -0.39 is 5.91 Å². The van der Waals surface area contributed by atoms with E-state index in [-0.39, 0.29) is 0 Å². The zero-order valence-electron chi connectivity index (χ0n) is 12.9. The van der Waals surface area contributed by atoms with Gasteiger partial charge >= 0.3 is 0 Å². The van der Waals surface area contributed by atoms with Gasteiger partial charge in [-0.2, -0.15) is 0 Å². The highest BCUT2D eigenvalue weighted by atomic mass is 16.3. The number of hydrogen-bond donors (Lipinski definition) is 2. The summed E-state index contributed by atoms with van der Waals surface area (Å²) in [5, 5.41) is 9.36. The van der Waals surface area contributed by atoms with Crippen molar-refractivity contribution in [2.75, 3.05) is 13.1 Å². The van der Waals surface area contributed by atoms with E-state index in [1.54, 1.807) is 24.3 Å². The topological polar surface area (TPSA) is 66.6 Å². The second-order valence-electron chi connectivity index (χ2n) is 5.82. The lowest BCUT2D eigenvalue weighted by atomic mass is 9.99. The number of nitrogens with two attached hydrogens (primary N) is 1. The van der Waals surface area contributed by atoms with Gasteiger partial charge in [-0.15, -0.1) is 0 Å². The molecule has 1 heterocycles. The number of phenols is 1. The Morgan fingerprint density at radius 3 is 2.35 bits per heavy atom. The molecule has 4 nitrogen and oxygen atoms in total. The lowest BCUT2D eigenvalue weighted by molar-refractivity contribution is 0.100. The summed E-state index contributed by atoms with van der Waals surface area (Å²) < 4.78 is 0. The van der Waals surface area contributed by atoms with Crippen molar-refractivity contribution in [3.63, 3.8) is 0 Å². The fraction of sp³-hybridized carbons (Fsp3) is 0.211. The summed E-state index contributed by atoms with van der Waals surface area (Å²) in [4.78, 5) is 13.4. The van der Waals surface area contributed by atoms with Crippen LogP contribution >= 0.6 is 0 Å². The zero-order valence-corrected chi connectivity index (χ0v) is 12.9. The molecule has 0 radical (unpaired) electrons. The van der Waals surface area contributed by atoms with Crippen molar-refractivity contribution in [2.24, 2.45) is 5.73 Å². The van der Waals surface area contributed by atoms with E-state index in [1.165, 1.54) is 16.7 Å². The SMILES string of the molecule is NC(=O)c1ccc(CN2CC=C(c3ccc(O)cc3)CC2)cc1. The zero-order chi connectivity index (χ0) is 16.2. The van der Waals surface area contributed by atoms with Gasteiger partial charge in [0.2, 0.25) is 5.91 Å². The smallest absolute Gasteiger partial charge is 0.248 e. The van der Waals surface area contributed by atoms with E-state index in [9.17, 15) is 9.90 Å². The molecule has 0 spiro atoms. The summed E-state index contributed by atoms with van der Waals surface area (Å²) in [5.74, 6) is -0.0952. The van der Waals surface area contributed by atoms with Gasteiger partial charge in [-0.3, -0.25) is 9.69 Å². The normalized spacial score (nSPS) is 15.2. The maximum absolute atomic E-state index is 11.1. The summed E-state index contributed by atoms with van der Waals surface area (Å²) in [7, 11) is 0. The molecule has 1 amide bonds. The third kappa shape index (κ3) is 3.79. The number of carbonyl (C=O) groups excluding carboxylic acids is 1. The van der Waals surface area contributed by atoms with Crippen LogP contribution < -0.4 is 5.73 Å². The molecular weight excluding hydrogens is 288 g/mol. The van der Waals surface area contributed by atoms with Crippen molar-refractivity contribution in [3.8, 4) is 5.75 Å². The highest BCUT2D eigenvalue weighted by Gasteiger charge is 2.13. The largest absolute Gasteiger partial charge is 0.508 e. The standard InChI is InChI=1S/C19H20N2O2/c20-19(23)17-3-1-14(2-4-17)13-21-11-9-16(10-12-21)15-5-7-18(22)8-6-15/h1-9,22H,10-13H2,(H2,20,23). The number of nitrogens with zero attached hydrogens (tertiary/aromatic N) is 1. The Labute approximate surface area is 135 Å². The second kappa shape index (κ2) is 6.67. The molecule has 0 aliphatic carbocycles. The van der Waals surface area contributed by atoms with Crippen molar-refractivity contribution >= 4 is 11.5 Å². The van der Waals surface area contributed by atoms with E-state index in [2.05, 4.69) is 11.0 Å². The Hall–Kier alpha value is -2.59. The van der Waals surface area contributed by atoms with E-state index in [4.69, 9.17) is 5.73 Å². The molecular formula is C19H20N2O2. The summed E-state index contributed by atoms with van der Waals surface area (Å²) in [6.45, 7) is 2.75. The Balaban J connectivity index is 1.62. The minimum absolute atomic E-state index is 0.297. The molecule has 1 aliphatic heterocycles. The Bertz CT molecular complexity index is 718. The van der Waals surface area contributed by atoms with Crippen LogP contribution in [-0.4, -0.2) is 29.0 Å². The van der Waals surface area contributed by atoms with Crippen LogP contribution in [-0.2, 0) is 6.54 Å². The maximum Gasteiger partial charge on any atom is 0.248 e. The van der Waals surface area contributed by atoms with Crippen LogP contribution in [0.2, 0.25) is 0 Å². The first-order valence-electron chi connectivity index (χ1n) is 7.71. The van der Waals surface area contributed by atoms with Crippen LogP contribution in [0.4, 0.5) is 0 Å². The Morgan fingerprint density at radius 2 is 1.78 bits per heavy atom. The maximum atomic E-state index is 11.1. The fourth-order valence-electron chi connectivity index (χ4n) is 2.83. The minimum Gasteiger partial charge on any atom is -0.508 e. The molecule has 0 unspecified atom stereocenters. The highest BCUT2D eigenvalue weighted by molar-refractivity contribution is 5.92. The molecule has 3 rings (SSSR count). The third-order valence-electron chi connectivity index (χ3n) is 4.18. The molecule has 118 valence electrons. The molecule has 3 N–H and O–H groups in total. The van der Waals surface area contributed by atoms with Crippen molar-refractivity contribution in [1.82, 2.24) is 4.90 Å². The lowest BCUT2D eigenvalue weighted by Gasteiger charge is -2.26. The van der Waals surface area contributed by atoms with Gasteiger partial charge in [-0.05, 0) is 47.4 Å². The molecule has 4 heteroatoms. The van der Waals surface area contributed by atoms with Gasteiger partial charge in [0.1, 0.15) is 5.75 Å². The third-order valence-corrected chi connectivity index (χ3v) is 4.18. The van der Waals surface area contributed by atoms with Crippen molar-refractivity contribution in [1.29, 1.82) is 0 Å². The summed E-state index contributed by atoms with van der Waals surface area (Å²) in [5.41, 5.74) is 9.47. The van der Waals surface area contributed by atoms with Crippen molar-refractivity contribution < 1.29 is 9.90 Å². The fourth-order valence-corrected chi connectivity index (χ4v) is 2.83. The van der Waals surface area contributed by atoms with Crippen LogP contribution in [0, 0.1) is 0 Å². The average molecular weight is 308 g/mol. The number of carbonyl (C=O) groups is 1. The van der Waals surface area contributed by atoms with Gasteiger partial charge in [-0.25, -0.2) is 0 Å².